The number of halogens is 1. The van der Waals surface area contributed by atoms with Crippen molar-refractivity contribution >= 4 is 17.7 Å². The van der Waals surface area contributed by atoms with Crippen LogP contribution < -0.4 is 5.32 Å². The van der Waals surface area contributed by atoms with E-state index in [4.69, 9.17) is 11.6 Å². The van der Waals surface area contributed by atoms with Crippen LogP contribution in [-0.4, -0.2) is 13.1 Å². The number of hydrogen-bond donors (Lipinski definition) is 1. The molecule has 15 heavy (non-hydrogen) atoms. The molecule has 0 bridgehead atoms. The highest BCUT2D eigenvalue weighted by atomic mass is 35.5. The third-order valence-corrected chi connectivity index (χ3v) is 2.07. The largest absolute Gasteiger partial charge is 0.308 e. The van der Waals surface area contributed by atoms with E-state index in [-0.39, 0.29) is 0 Å². The lowest BCUT2D eigenvalue weighted by Crippen LogP contribution is -2.17. The summed E-state index contributed by atoms with van der Waals surface area (Å²) in [4.78, 5) is 0. The fourth-order valence-electron chi connectivity index (χ4n) is 1.28. The number of benzene rings is 1. The van der Waals surface area contributed by atoms with Crippen molar-refractivity contribution in [2.24, 2.45) is 0 Å². The van der Waals surface area contributed by atoms with Crippen LogP contribution in [0.1, 0.15) is 12.5 Å². The van der Waals surface area contributed by atoms with Gasteiger partial charge in [0.2, 0.25) is 0 Å². The molecule has 0 aromatic heterocycles. The first-order valence-corrected chi connectivity index (χ1v) is 5.32. The molecule has 1 N–H and O–H groups in total. The second kappa shape index (κ2) is 6.44. The first-order chi connectivity index (χ1) is 7.18. The Morgan fingerprint density at radius 2 is 2.00 bits per heavy atom. The average Bonchev–Trinajstić information content (AvgIpc) is 2.18. The predicted molar refractivity (Wildman–Crippen MR) is 68.0 cm³/mol. The molecule has 0 radical (unpaired) electrons. The van der Waals surface area contributed by atoms with Gasteiger partial charge in [-0.2, -0.15) is 0 Å². The zero-order valence-corrected chi connectivity index (χ0v) is 9.72. The Labute approximate surface area is 96.5 Å². The van der Waals surface area contributed by atoms with Gasteiger partial charge in [0, 0.05) is 18.1 Å². The third-order valence-electron chi connectivity index (χ3n) is 1.93. The summed E-state index contributed by atoms with van der Waals surface area (Å²) < 4.78 is 0. The Morgan fingerprint density at radius 1 is 1.33 bits per heavy atom. The molecule has 0 atom stereocenters. The van der Waals surface area contributed by atoms with Crippen LogP contribution in [-0.2, 0) is 0 Å². The summed E-state index contributed by atoms with van der Waals surface area (Å²) in [6.45, 7) is 7.20. The standard InChI is InChI=1S/C13H16ClN/c1-11(9-15-10-12(2)14)8-13-6-4-3-5-7-13/h3-8,15H,2,9-10H2,1H3/b11-8-. The van der Waals surface area contributed by atoms with E-state index in [9.17, 15) is 0 Å². The molecule has 2 heteroatoms. The van der Waals surface area contributed by atoms with E-state index in [0.717, 1.165) is 6.54 Å². The number of hydrogen-bond acceptors (Lipinski definition) is 1. The van der Waals surface area contributed by atoms with Crippen molar-refractivity contribution < 1.29 is 0 Å². The van der Waals surface area contributed by atoms with Gasteiger partial charge in [-0.3, -0.25) is 0 Å². The SMILES string of the molecule is C=C(Cl)CNC/C(C)=C\c1ccccc1. The van der Waals surface area contributed by atoms with E-state index in [0.29, 0.717) is 11.6 Å². The first kappa shape index (κ1) is 12.0. The minimum Gasteiger partial charge on any atom is -0.308 e. The molecular formula is C13H16ClN. The van der Waals surface area contributed by atoms with Crippen molar-refractivity contribution in [3.8, 4) is 0 Å². The smallest absolute Gasteiger partial charge is 0.0310 e. The zero-order valence-electron chi connectivity index (χ0n) is 8.96. The number of rotatable bonds is 5. The molecule has 0 unspecified atom stereocenters. The predicted octanol–water partition coefficient (Wildman–Crippen LogP) is 3.43. The van der Waals surface area contributed by atoms with Crippen LogP contribution in [0.25, 0.3) is 6.08 Å². The Bertz CT molecular complexity index is 341. The van der Waals surface area contributed by atoms with Gasteiger partial charge >= 0.3 is 0 Å². The highest BCUT2D eigenvalue weighted by Crippen LogP contribution is 2.05. The van der Waals surface area contributed by atoms with Crippen LogP contribution >= 0.6 is 11.6 Å². The van der Waals surface area contributed by atoms with Crippen molar-refractivity contribution in [3.63, 3.8) is 0 Å². The molecule has 1 rings (SSSR count). The summed E-state index contributed by atoms with van der Waals surface area (Å²) in [6.07, 6.45) is 2.16. The van der Waals surface area contributed by atoms with E-state index in [1.165, 1.54) is 11.1 Å². The zero-order chi connectivity index (χ0) is 11.1. The molecule has 0 saturated heterocycles. The monoisotopic (exact) mass is 221 g/mol. The molecular weight excluding hydrogens is 206 g/mol. The summed E-state index contributed by atoms with van der Waals surface area (Å²) >= 11 is 5.65. The van der Waals surface area contributed by atoms with Gasteiger partial charge in [-0.1, -0.05) is 60.2 Å². The molecule has 0 heterocycles. The van der Waals surface area contributed by atoms with Crippen molar-refractivity contribution in [1.29, 1.82) is 0 Å². The maximum absolute atomic E-state index is 5.65. The Kier molecular flexibility index (Phi) is 5.16. The van der Waals surface area contributed by atoms with Gasteiger partial charge in [0.25, 0.3) is 0 Å². The van der Waals surface area contributed by atoms with Gasteiger partial charge in [-0.25, -0.2) is 0 Å². The fraction of sp³-hybridized carbons (Fsp3) is 0.231. The summed E-state index contributed by atoms with van der Waals surface area (Å²) in [5, 5.41) is 3.85. The summed E-state index contributed by atoms with van der Waals surface area (Å²) in [6, 6.07) is 10.3. The molecule has 0 aliphatic carbocycles. The second-order valence-electron chi connectivity index (χ2n) is 3.52. The molecule has 0 fully saturated rings. The van der Waals surface area contributed by atoms with E-state index in [2.05, 4.69) is 37.0 Å². The van der Waals surface area contributed by atoms with Gasteiger partial charge < -0.3 is 5.32 Å². The van der Waals surface area contributed by atoms with Crippen molar-refractivity contribution in [1.82, 2.24) is 5.32 Å². The van der Waals surface area contributed by atoms with Gasteiger partial charge in [0.1, 0.15) is 0 Å². The molecule has 0 aliphatic rings. The highest BCUT2D eigenvalue weighted by Gasteiger charge is 1.92. The van der Waals surface area contributed by atoms with Crippen molar-refractivity contribution in [2.45, 2.75) is 6.92 Å². The second-order valence-corrected chi connectivity index (χ2v) is 4.06. The molecule has 1 nitrogen and oxygen atoms in total. The molecule has 0 spiro atoms. The van der Waals surface area contributed by atoms with Crippen molar-refractivity contribution in [2.75, 3.05) is 13.1 Å². The highest BCUT2D eigenvalue weighted by molar-refractivity contribution is 6.29. The van der Waals surface area contributed by atoms with Gasteiger partial charge in [-0.15, -0.1) is 0 Å². The van der Waals surface area contributed by atoms with Gasteiger partial charge in [0.05, 0.1) is 0 Å². The van der Waals surface area contributed by atoms with Crippen LogP contribution in [0.2, 0.25) is 0 Å². The Balaban J connectivity index is 2.43. The van der Waals surface area contributed by atoms with Crippen LogP contribution in [0.4, 0.5) is 0 Å². The topological polar surface area (TPSA) is 12.0 Å². The lowest BCUT2D eigenvalue weighted by atomic mass is 10.1. The van der Waals surface area contributed by atoms with Crippen LogP contribution in [0, 0.1) is 0 Å². The third kappa shape index (κ3) is 5.40. The normalized spacial score (nSPS) is 11.5. The molecule has 0 saturated carbocycles. The lowest BCUT2D eigenvalue weighted by molar-refractivity contribution is 0.812. The van der Waals surface area contributed by atoms with Crippen molar-refractivity contribution in [3.05, 3.63) is 53.1 Å². The summed E-state index contributed by atoms with van der Waals surface area (Å²) in [5.41, 5.74) is 2.50. The van der Waals surface area contributed by atoms with Crippen LogP contribution in [0.3, 0.4) is 0 Å². The minimum absolute atomic E-state index is 0.641. The maximum atomic E-state index is 5.65. The fourth-order valence-corrected chi connectivity index (χ4v) is 1.37. The van der Waals surface area contributed by atoms with E-state index >= 15 is 0 Å². The summed E-state index contributed by atoms with van der Waals surface area (Å²) in [7, 11) is 0. The molecule has 80 valence electrons. The minimum atomic E-state index is 0.641. The molecule has 0 amide bonds. The average molecular weight is 222 g/mol. The number of nitrogens with one attached hydrogen (secondary N) is 1. The molecule has 0 aliphatic heterocycles. The Hall–Kier alpha value is -1.05. The van der Waals surface area contributed by atoms with Crippen LogP contribution in [0.5, 0.6) is 0 Å². The Morgan fingerprint density at radius 3 is 2.60 bits per heavy atom. The van der Waals surface area contributed by atoms with Crippen LogP contribution in [0.15, 0.2) is 47.5 Å². The van der Waals surface area contributed by atoms with Gasteiger partial charge in [0.15, 0.2) is 0 Å². The molecule has 1 aromatic rings. The van der Waals surface area contributed by atoms with E-state index in [1.807, 2.05) is 18.2 Å². The van der Waals surface area contributed by atoms with E-state index in [1.54, 1.807) is 0 Å². The summed E-state index contributed by atoms with van der Waals surface area (Å²) in [5.74, 6) is 0. The first-order valence-electron chi connectivity index (χ1n) is 4.94. The molecule has 1 aromatic carbocycles. The quantitative estimate of drug-likeness (QED) is 0.804. The van der Waals surface area contributed by atoms with Gasteiger partial charge in [-0.05, 0) is 12.5 Å². The lowest BCUT2D eigenvalue weighted by Gasteiger charge is -2.03. The maximum Gasteiger partial charge on any atom is 0.0310 e. The van der Waals surface area contributed by atoms with E-state index < -0.39 is 0 Å².